The van der Waals surface area contributed by atoms with Gasteiger partial charge < -0.3 is 9.30 Å². The molecule has 0 saturated carbocycles. The third-order valence-corrected chi connectivity index (χ3v) is 9.83. The molecule has 0 heterocycles. The highest BCUT2D eigenvalue weighted by atomic mass is 32.7. The van der Waals surface area contributed by atoms with E-state index in [2.05, 4.69) is 0 Å². The lowest BCUT2D eigenvalue weighted by atomic mass is 10.1. The number of carbonyl (C=O) groups excluding carboxylic acids is 1. The molecule has 0 fully saturated rings. The molecule has 0 bridgehead atoms. The molecule has 3 rings (SSSR count). The minimum Gasteiger partial charge on any atom is -0.462 e. The van der Waals surface area contributed by atoms with Gasteiger partial charge in [-0.3, -0.25) is 4.79 Å². The van der Waals surface area contributed by atoms with Crippen LogP contribution in [0.3, 0.4) is 0 Å². The lowest BCUT2D eigenvalue weighted by Gasteiger charge is -2.24. The summed E-state index contributed by atoms with van der Waals surface area (Å²) >= 11 is 1.18. The summed E-state index contributed by atoms with van der Waals surface area (Å²) in [5.74, 6) is -0.377. The number of rotatable bonds is 7. The van der Waals surface area contributed by atoms with Crippen LogP contribution in [0, 0.1) is 0 Å². The van der Waals surface area contributed by atoms with Gasteiger partial charge in [0.25, 0.3) is 0 Å². The first-order valence-corrected chi connectivity index (χ1v) is 12.3. The van der Waals surface area contributed by atoms with Crippen molar-refractivity contribution in [2.45, 2.75) is 25.2 Å². The Balaban J connectivity index is 2.08. The second-order valence-electron chi connectivity index (χ2n) is 6.60. The molecule has 0 saturated heterocycles. The Bertz CT molecular complexity index is 900. The summed E-state index contributed by atoms with van der Waals surface area (Å²) in [6.45, 7) is 3.64. The molecule has 0 spiro atoms. The van der Waals surface area contributed by atoms with E-state index in [0.29, 0.717) is 10.6 Å². The first-order valence-electron chi connectivity index (χ1n) is 9.16. The van der Waals surface area contributed by atoms with E-state index in [-0.39, 0.29) is 12.1 Å². The highest BCUT2D eigenvalue weighted by molar-refractivity contribution is 8.62. The maximum atomic E-state index is 14.3. The van der Waals surface area contributed by atoms with E-state index in [9.17, 15) is 9.36 Å². The molecule has 0 amide bonds. The lowest BCUT2D eigenvalue weighted by molar-refractivity contribution is -0.146. The van der Waals surface area contributed by atoms with Gasteiger partial charge in [0.05, 0.1) is 6.10 Å². The molecule has 144 valence electrons. The van der Waals surface area contributed by atoms with Crippen molar-refractivity contribution in [2.75, 3.05) is 0 Å². The standard InChI is InChI=1S/C23H23O3PS/c1-18(2)26-23(24)22(19-12-6-3-7-13-19)28-27(25,20-14-8-4-9-15-20)21-16-10-5-11-17-21/h3-18,22H,1-2H3. The Kier molecular flexibility index (Phi) is 6.77. The SMILES string of the molecule is CC(C)OC(=O)C(SP(=O)(c1ccccc1)c1ccccc1)c1ccccc1. The molecule has 0 aromatic heterocycles. The second kappa shape index (κ2) is 9.27. The van der Waals surface area contributed by atoms with E-state index in [0.717, 1.165) is 5.56 Å². The molecule has 0 aliphatic rings. The van der Waals surface area contributed by atoms with Crippen LogP contribution in [0.1, 0.15) is 24.7 Å². The highest BCUT2D eigenvalue weighted by Gasteiger charge is 2.36. The van der Waals surface area contributed by atoms with Crippen molar-refractivity contribution in [2.24, 2.45) is 0 Å². The fraction of sp³-hybridized carbons (Fsp3) is 0.174. The van der Waals surface area contributed by atoms with Gasteiger partial charge in [0.15, 0.2) is 6.34 Å². The van der Waals surface area contributed by atoms with Crippen molar-refractivity contribution in [3.05, 3.63) is 96.6 Å². The molecule has 5 heteroatoms. The summed E-state index contributed by atoms with van der Waals surface area (Å²) in [4.78, 5) is 12.9. The molecular formula is C23H23O3PS. The number of carbonyl (C=O) groups is 1. The van der Waals surface area contributed by atoms with E-state index >= 15 is 0 Å². The van der Waals surface area contributed by atoms with Crippen molar-refractivity contribution in [3.8, 4) is 0 Å². The predicted molar refractivity (Wildman–Crippen MR) is 118 cm³/mol. The normalized spacial score (nSPS) is 12.5. The van der Waals surface area contributed by atoms with E-state index in [1.807, 2.05) is 105 Å². The predicted octanol–water partition coefficient (Wildman–Crippen LogP) is 5.34. The van der Waals surface area contributed by atoms with Gasteiger partial charge >= 0.3 is 5.97 Å². The molecule has 1 unspecified atom stereocenters. The second-order valence-corrected chi connectivity index (χ2v) is 11.6. The average molecular weight is 410 g/mol. The zero-order valence-corrected chi connectivity index (χ0v) is 17.6. The Hall–Kier alpha value is -2.29. The fourth-order valence-corrected chi connectivity index (χ4v) is 8.19. The van der Waals surface area contributed by atoms with E-state index < -0.39 is 11.6 Å². The van der Waals surface area contributed by atoms with Crippen LogP contribution >= 0.6 is 17.7 Å². The summed E-state index contributed by atoms with van der Waals surface area (Å²) in [5.41, 5.74) is 0.783. The number of hydrogen-bond donors (Lipinski definition) is 0. The smallest absolute Gasteiger partial charge is 0.324 e. The van der Waals surface area contributed by atoms with E-state index in [1.165, 1.54) is 11.4 Å². The molecule has 3 aromatic carbocycles. The minimum atomic E-state index is -3.13. The fourth-order valence-electron chi connectivity index (χ4n) is 2.83. The van der Waals surface area contributed by atoms with Crippen LogP contribution in [-0.4, -0.2) is 12.1 Å². The van der Waals surface area contributed by atoms with Gasteiger partial charge in [-0.2, -0.15) is 0 Å². The van der Waals surface area contributed by atoms with Crippen molar-refractivity contribution >= 4 is 34.3 Å². The maximum Gasteiger partial charge on any atom is 0.324 e. The lowest BCUT2D eigenvalue weighted by Crippen LogP contribution is -2.21. The first kappa shape index (κ1) is 20.4. The van der Waals surface area contributed by atoms with Crippen LogP contribution in [0.4, 0.5) is 0 Å². The number of esters is 1. The van der Waals surface area contributed by atoms with E-state index in [4.69, 9.17) is 4.74 Å². The van der Waals surface area contributed by atoms with Crippen molar-refractivity contribution in [1.29, 1.82) is 0 Å². The average Bonchev–Trinajstić information content (AvgIpc) is 2.73. The van der Waals surface area contributed by atoms with Crippen LogP contribution in [0.15, 0.2) is 91.0 Å². The Morgan fingerprint density at radius 1 is 0.786 bits per heavy atom. The quantitative estimate of drug-likeness (QED) is 0.389. The molecular weight excluding hydrogens is 387 g/mol. The van der Waals surface area contributed by atoms with Gasteiger partial charge in [0, 0.05) is 10.6 Å². The number of hydrogen-bond acceptors (Lipinski definition) is 4. The van der Waals surface area contributed by atoms with E-state index in [1.54, 1.807) is 0 Å². The van der Waals surface area contributed by atoms with Crippen molar-refractivity contribution in [3.63, 3.8) is 0 Å². The Morgan fingerprint density at radius 3 is 1.64 bits per heavy atom. The van der Waals surface area contributed by atoms with Gasteiger partial charge in [0.1, 0.15) is 5.25 Å². The monoisotopic (exact) mass is 410 g/mol. The summed E-state index contributed by atoms with van der Waals surface area (Å²) in [6, 6.07) is 28.1. The largest absolute Gasteiger partial charge is 0.462 e. The van der Waals surface area contributed by atoms with Gasteiger partial charge in [-0.15, -0.1) is 0 Å². The van der Waals surface area contributed by atoms with Crippen LogP contribution in [0.5, 0.6) is 0 Å². The summed E-state index contributed by atoms with van der Waals surface area (Å²) in [6.07, 6.45) is -3.37. The van der Waals surface area contributed by atoms with Crippen LogP contribution < -0.4 is 10.6 Å². The first-order chi connectivity index (χ1) is 13.5. The van der Waals surface area contributed by atoms with Crippen molar-refractivity contribution in [1.82, 2.24) is 0 Å². The summed E-state index contributed by atoms with van der Waals surface area (Å²) in [7, 11) is 0. The zero-order chi connectivity index (χ0) is 20.0. The summed E-state index contributed by atoms with van der Waals surface area (Å²) < 4.78 is 19.8. The molecule has 0 aliphatic heterocycles. The highest BCUT2D eigenvalue weighted by Crippen LogP contribution is 2.62. The zero-order valence-electron chi connectivity index (χ0n) is 15.9. The van der Waals surface area contributed by atoms with Crippen molar-refractivity contribution < 1.29 is 14.1 Å². The van der Waals surface area contributed by atoms with Gasteiger partial charge in [-0.1, -0.05) is 102 Å². The number of ether oxygens (including phenoxy) is 1. The molecule has 3 nitrogen and oxygen atoms in total. The van der Waals surface area contributed by atoms with Crippen LogP contribution in [-0.2, 0) is 14.1 Å². The van der Waals surface area contributed by atoms with Gasteiger partial charge in [0.2, 0.25) is 0 Å². The van der Waals surface area contributed by atoms with Crippen LogP contribution in [0.2, 0.25) is 0 Å². The third-order valence-electron chi connectivity index (χ3n) is 4.11. The topological polar surface area (TPSA) is 43.4 Å². The Morgan fingerprint density at radius 2 is 1.21 bits per heavy atom. The molecule has 0 aliphatic carbocycles. The Labute approximate surface area is 170 Å². The molecule has 1 atom stereocenters. The summed E-state index contributed by atoms with van der Waals surface area (Å²) in [5, 5.41) is 0.740. The molecule has 0 N–H and O–H groups in total. The number of benzene rings is 3. The van der Waals surface area contributed by atoms with Gasteiger partial charge in [-0.05, 0) is 19.4 Å². The third kappa shape index (κ3) is 4.76. The van der Waals surface area contributed by atoms with Crippen LogP contribution in [0.25, 0.3) is 0 Å². The molecule has 3 aromatic rings. The molecule has 0 radical (unpaired) electrons. The van der Waals surface area contributed by atoms with Gasteiger partial charge in [-0.25, -0.2) is 0 Å². The molecule has 28 heavy (non-hydrogen) atoms. The minimum absolute atomic E-state index is 0.243. The maximum absolute atomic E-state index is 14.3.